The summed E-state index contributed by atoms with van der Waals surface area (Å²) < 4.78 is 174. The van der Waals surface area contributed by atoms with Crippen LogP contribution in [0, 0.1) is 0 Å². The van der Waals surface area contributed by atoms with Crippen molar-refractivity contribution in [1.29, 1.82) is 0 Å². The molecule has 4 N–H and O–H groups in total. The Labute approximate surface area is 775 Å². The Balaban J connectivity index is 0.000000152. The summed E-state index contributed by atoms with van der Waals surface area (Å²) in [5, 5.41) is 42.5. The Morgan fingerprint density at radius 2 is 0.590 bits per heavy atom. The van der Waals surface area contributed by atoms with Gasteiger partial charge in [-0.2, -0.15) is 52.7 Å². The van der Waals surface area contributed by atoms with Gasteiger partial charge in [-0.25, -0.2) is 4.98 Å². The first-order valence-electron chi connectivity index (χ1n) is 45.5. The first-order chi connectivity index (χ1) is 63.1. The number of aliphatic hydroxyl groups is 4. The molecular formula is C101H115F12N7O13S. The fourth-order valence-corrected chi connectivity index (χ4v) is 20.3. The molecule has 8 aromatic rings. The number of pyridine rings is 2. The van der Waals surface area contributed by atoms with Crippen LogP contribution in [0.5, 0.6) is 0 Å². The third-order valence-electron chi connectivity index (χ3n) is 28.8. The molecule has 8 saturated carbocycles. The third-order valence-corrected chi connectivity index (χ3v) is 29.8. The van der Waals surface area contributed by atoms with Crippen molar-refractivity contribution in [3.63, 3.8) is 0 Å². The molecule has 8 fully saturated rings. The fraction of sp³-hybridized carbons (Fsp3) is 0.515. The minimum Gasteiger partial charge on any atom is -0.468 e. The van der Waals surface area contributed by atoms with Gasteiger partial charge in [0, 0.05) is 102 Å². The van der Waals surface area contributed by atoms with Crippen LogP contribution in [0.2, 0.25) is 0 Å². The molecule has 33 heteroatoms. The first kappa shape index (κ1) is 101. The van der Waals surface area contributed by atoms with Gasteiger partial charge >= 0.3 is 36.6 Å². The highest BCUT2D eigenvalue weighted by Gasteiger charge is 2.57. The summed E-state index contributed by atoms with van der Waals surface area (Å²) in [5.41, 5.74) is -11.3. The number of carbonyl (C=O) groups is 6. The van der Waals surface area contributed by atoms with Gasteiger partial charge in [-0.1, -0.05) is 97.9 Å². The number of halogens is 12. The zero-order chi connectivity index (χ0) is 97.2. The molecule has 3 aromatic heterocycles. The molecule has 20 nitrogen and oxygen atoms in total. The lowest BCUT2D eigenvalue weighted by Gasteiger charge is -2.42. The minimum atomic E-state index is -4.83. The Morgan fingerprint density at radius 3 is 0.813 bits per heavy atom. The second-order valence-electron chi connectivity index (χ2n) is 37.8. The van der Waals surface area contributed by atoms with E-state index in [1.165, 1.54) is 92.6 Å². The maximum Gasteiger partial charge on any atom is 0.421 e. The van der Waals surface area contributed by atoms with Gasteiger partial charge in [-0.3, -0.25) is 38.7 Å². The average Bonchev–Trinajstić information content (AvgIpc) is 1.23. The number of rotatable bonds is 23. The number of hydrogen-bond acceptors (Lipinski definition) is 17. The van der Waals surface area contributed by atoms with Crippen molar-refractivity contribution in [2.24, 2.45) is 0 Å². The van der Waals surface area contributed by atoms with Gasteiger partial charge in [-0.15, -0.1) is 11.3 Å². The largest absolute Gasteiger partial charge is 0.468 e. The van der Waals surface area contributed by atoms with E-state index in [1.54, 1.807) is 49.2 Å². The monoisotopic (exact) mass is 1890 g/mol. The van der Waals surface area contributed by atoms with Crippen LogP contribution >= 0.6 is 11.3 Å². The first-order valence-corrected chi connectivity index (χ1v) is 46.4. The molecule has 16 rings (SSSR count). The van der Waals surface area contributed by atoms with E-state index < -0.39 is 63.5 Å². The Hall–Kier alpha value is -10.2. The number of methoxy groups -OCH3 is 3. The molecule has 0 bridgehead atoms. The maximum absolute atomic E-state index is 13.4. The summed E-state index contributed by atoms with van der Waals surface area (Å²) in [6.07, 6.45) is 4.18. The molecule has 4 amide bonds. The smallest absolute Gasteiger partial charge is 0.421 e. The van der Waals surface area contributed by atoms with Gasteiger partial charge in [0.25, 0.3) is 23.6 Å². The summed E-state index contributed by atoms with van der Waals surface area (Å²) in [6.45, 7) is 5.11. The zero-order valence-electron chi connectivity index (χ0n) is 76.0. The lowest BCUT2D eigenvalue weighted by molar-refractivity contribution is -0.259. The number of thiazole rings is 1. The Kier molecular flexibility index (Phi) is 30.1. The highest BCUT2D eigenvalue weighted by molar-refractivity contribution is 7.09. The van der Waals surface area contributed by atoms with E-state index in [9.17, 15) is 102 Å². The van der Waals surface area contributed by atoms with E-state index in [1.807, 2.05) is 55.3 Å². The van der Waals surface area contributed by atoms with E-state index in [2.05, 4.69) is 46.1 Å². The van der Waals surface area contributed by atoms with Crippen molar-refractivity contribution < 1.29 is 116 Å². The molecule has 722 valence electrons. The lowest BCUT2D eigenvalue weighted by Crippen LogP contribution is -2.49. The predicted octanol–water partition coefficient (Wildman–Crippen LogP) is 20.0. The second-order valence-corrected chi connectivity index (χ2v) is 38.7. The summed E-state index contributed by atoms with van der Waals surface area (Å²) in [4.78, 5) is 100. The predicted molar refractivity (Wildman–Crippen MR) is 475 cm³/mol. The topological polar surface area (TPSA) is 263 Å². The number of carbonyl (C=O) groups excluding carboxylic acids is 6. The number of nitrogens with zero attached hydrogens (tertiary/aromatic N) is 7. The molecule has 4 atom stereocenters. The van der Waals surface area contributed by atoms with Crippen molar-refractivity contribution in [2.75, 3.05) is 21.3 Å². The van der Waals surface area contributed by atoms with Crippen LogP contribution in [-0.4, -0.2) is 185 Å². The van der Waals surface area contributed by atoms with Crippen molar-refractivity contribution >= 4 is 46.9 Å². The normalized spacial score (nSPS) is 25.0. The number of esters is 2. The van der Waals surface area contributed by atoms with Gasteiger partial charge in [0.15, 0.2) is 22.4 Å². The van der Waals surface area contributed by atoms with Crippen molar-refractivity contribution in [1.82, 2.24) is 34.6 Å². The molecule has 0 radical (unpaired) electrons. The summed E-state index contributed by atoms with van der Waals surface area (Å²) in [5.74, 6) is -1.48. The SMILES string of the molecule is CC1(c2ccccc2)CCC(N(C(=O)c2ccc([C@](C)(O)C(F)(F)F)cc2)C2CC2)CC1.COC(=O)C1(c2ccccn2)CCC(N(C(=O)c2ccc([C@](C)(O)C(F)(F)F)cc2)C2CC2)CC1.COC(=O)C1(c2ccccn2)CCC(N(C(=O)c2ccc([C@](C)(O)C(F)(F)F)cc2)C2CC2)CC1.COC1(c2nccs2)CCC(N(C(=O)c2ccc([C@](C)(O)C(F)(F)F)cc2)C2CC2)CC1. The summed E-state index contributed by atoms with van der Waals surface area (Å²) in [7, 11) is 4.42. The molecule has 134 heavy (non-hydrogen) atoms. The van der Waals surface area contributed by atoms with Gasteiger partial charge in [0.2, 0.25) is 0 Å². The van der Waals surface area contributed by atoms with Crippen molar-refractivity contribution in [3.05, 3.63) is 254 Å². The highest BCUT2D eigenvalue weighted by atomic mass is 32.1. The molecule has 0 aliphatic heterocycles. The molecule has 0 saturated heterocycles. The van der Waals surface area contributed by atoms with Gasteiger partial charge < -0.3 is 54.2 Å². The van der Waals surface area contributed by atoms with Crippen LogP contribution < -0.4 is 0 Å². The number of ether oxygens (including phenoxy) is 3. The molecular weight excluding hydrogens is 1780 g/mol. The zero-order valence-corrected chi connectivity index (χ0v) is 76.8. The standard InChI is InChI=1S/2C26H29F3N2O4.C26H30F3NO2.C23H27F3N2O3S/c2*1-24(34,26(27,28)29)18-8-6-17(7-9-18)22(32)31(19-10-11-19)20-12-14-25(15-13-20,23(33)35-2)21-5-3-4-16-30-21;1-24(19-6-4-3-5-7-19)16-14-22(15-17-24)30(21-12-13-21)23(31)18-8-10-20(11-9-18)25(2,32)26(27,28)29;1-21(30,23(24,25)26)16-5-3-15(4-6-16)19(29)28(17-7-8-17)18-9-11-22(31-2,12-10-18)20-27-13-14-32-20/h2*3-9,16,19-20,34H,10-15H2,1-2H3;3-11,21-22,32H,12-17H2,1-2H3;3-6,13-14,17-18,30H,7-12H2,1-2H3/t2*20?,24-,25?;22?,24?,25-;18?,21-,22?/m0000/s1. The van der Waals surface area contributed by atoms with E-state index in [0.717, 1.165) is 139 Å². The summed E-state index contributed by atoms with van der Waals surface area (Å²) >= 11 is 1.57. The van der Waals surface area contributed by atoms with Crippen molar-refractivity contribution in [3.8, 4) is 0 Å². The molecule has 8 aliphatic rings. The molecule has 8 aliphatic carbocycles. The number of hydrogen-bond donors (Lipinski definition) is 4. The Morgan fingerprint density at radius 1 is 0.336 bits per heavy atom. The lowest BCUT2D eigenvalue weighted by atomic mass is 9.69. The van der Waals surface area contributed by atoms with Crippen molar-refractivity contribution in [2.45, 2.75) is 306 Å². The summed E-state index contributed by atoms with van der Waals surface area (Å²) in [6, 6.07) is 42.2. The van der Waals surface area contributed by atoms with E-state index in [4.69, 9.17) is 14.2 Å². The number of aromatic nitrogens is 3. The number of benzene rings is 5. The quantitative estimate of drug-likeness (QED) is 0.0343. The highest BCUT2D eigenvalue weighted by Crippen LogP contribution is 2.52. The van der Waals surface area contributed by atoms with Crippen LogP contribution in [0.15, 0.2) is 188 Å². The number of amides is 4. The van der Waals surface area contributed by atoms with E-state index in [-0.39, 0.29) is 123 Å². The van der Waals surface area contributed by atoms with Gasteiger partial charge in [0.05, 0.1) is 25.6 Å². The van der Waals surface area contributed by atoms with Crippen LogP contribution in [0.25, 0.3) is 0 Å². The fourth-order valence-electron chi connectivity index (χ4n) is 19.4. The van der Waals surface area contributed by atoms with E-state index in [0.29, 0.717) is 94.7 Å². The number of alkyl halides is 12. The third kappa shape index (κ3) is 21.5. The van der Waals surface area contributed by atoms with Crippen LogP contribution in [0.3, 0.4) is 0 Å². The molecule has 0 unspecified atom stereocenters. The van der Waals surface area contributed by atoms with Gasteiger partial charge in [0.1, 0.15) is 21.4 Å². The molecule has 3 heterocycles. The average molecular weight is 1900 g/mol. The van der Waals surface area contributed by atoms with Crippen LogP contribution in [0.1, 0.15) is 274 Å². The second kappa shape index (κ2) is 39.9. The van der Waals surface area contributed by atoms with Crippen LogP contribution in [-0.2, 0) is 68.0 Å². The maximum atomic E-state index is 13.4. The molecule has 5 aromatic carbocycles. The molecule has 0 spiro atoms. The Bertz CT molecular complexity index is 5140. The van der Waals surface area contributed by atoms with Gasteiger partial charge in [-0.05, 0) is 288 Å². The van der Waals surface area contributed by atoms with E-state index >= 15 is 0 Å². The minimum absolute atomic E-state index is 0.0520. The van der Waals surface area contributed by atoms with Crippen LogP contribution in [0.4, 0.5) is 52.7 Å².